The van der Waals surface area contributed by atoms with Crippen LogP contribution in [0.2, 0.25) is 0 Å². The number of halogens is 3. The zero-order chi connectivity index (χ0) is 15.6. The first-order chi connectivity index (χ1) is 9.00. The maximum Gasteiger partial charge on any atom is 0.416 e. The minimum absolute atomic E-state index is 0.112. The van der Waals surface area contributed by atoms with Gasteiger partial charge in [0, 0.05) is 0 Å². The molecule has 0 saturated heterocycles. The summed E-state index contributed by atoms with van der Waals surface area (Å²) in [6.07, 6.45) is -3.80. The van der Waals surface area contributed by atoms with E-state index in [0.717, 1.165) is 17.7 Å². The lowest BCUT2D eigenvalue weighted by Crippen LogP contribution is -2.24. The van der Waals surface area contributed by atoms with E-state index in [2.05, 4.69) is 27.7 Å². The summed E-state index contributed by atoms with van der Waals surface area (Å²) in [6, 6.07) is 5.01. The highest BCUT2D eigenvalue weighted by molar-refractivity contribution is 5.25. The lowest BCUT2D eigenvalue weighted by atomic mass is 9.78. The Bertz CT molecular complexity index is 415. The summed E-state index contributed by atoms with van der Waals surface area (Å²) in [7, 11) is 0. The van der Waals surface area contributed by atoms with Crippen LogP contribution in [0.3, 0.4) is 0 Å². The third kappa shape index (κ3) is 5.16. The molecule has 1 nitrogen and oxygen atoms in total. The van der Waals surface area contributed by atoms with Crippen LogP contribution in [0.1, 0.15) is 45.2 Å². The number of hydrogen-bond acceptors (Lipinski definition) is 1. The summed E-state index contributed by atoms with van der Waals surface area (Å²) in [5.74, 6) is 0.340. The Hall–Kier alpha value is -1.03. The first-order valence-electron chi connectivity index (χ1n) is 6.84. The van der Waals surface area contributed by atoms with Gasteiger partial charge in [0.25, 0.3) is 0 Å². The molecule has 0 amide bonds. The molecular formula is C16H23F3O. The molecule has 0 aliphatic carbocycles. The molecule has 2 atom stereocenters. The molecule has 0 aliphatic rings. The number of aliphatic hydroxyl groups excluding tert-OH is 1. The van der Waals surface area contributed by atoms with Gasteiger partial charge in [-0.1, -0.05) is 39.8 Å². The first-order valence-corrected chi connectivity index (χ1v) is 6.84. The van der Waals surface area contributed by atoms with Crippen molar-refractivity contribution in [1.29, 1.82) is 0 Å². The zero-order valence-electron chi connectivity index (χ0n) is 12.5. The Morgan fingerprint density at radius 3 is 1.95 bits per heavy atom. The van der Waals surface area contributed by atoms with Crippen molar-refractivity contribution >= 4 is 0 Å². The average Bonchev–Trinajstić information content (AvgIpc) is 2.26. The molecule has 0 aliphatic heterocycles. The van der Waals surface area contributed by atoms with Crippen molar-refractivity contribution in [1.82, 2.24) is 0 Å². The molecule has 1 aromatic carbocycles. The molecule has 0 fully saturated rings. The number of alkyl halides is 3. The molecule has 4 heteroatoms. The fourth-order valence-corrected chi connectivity index (χ4v) is 1.95. The van der Waals surface area contributed by atoms with E-state index in [9.17, 15) is 18.3 Å². The van der Waals surface area contributed by atoms with Crippen LogP contribution in [-0.4, -0.2) is 11.2 Å². The quantitative estimate of drug-likeness (QED) is 0.852. The Balaban J connectivity index is 2.61. The molecule has 0 aromatic heterocycles. The molecule has 0 bridgehead atoms. The molecule has 20 heavy (non-hydrogen) atoms. The monoisotopic (exact) mass is 288 g/mol. The van der Waals surface area contributed by atoms with Crippen molar-refractivity contribution < 1.29 is 18.3 Å². The summed E-state index contributed by atoms with van der Waals surface area (Å²) < 4.78 is 37.3. The second kappa shape index (κ2) is 6.17. The summed E-state index contributed by atoms with van der Waals surface area (Å²) >= 11 is 0. The molecular weight excluding hydrogens is 265 g/mol. The lowest BCUT2D eigenvalue weighted by Gasteiger charge is -2.29. The number of benzene rings is 1. The molecule has 0 heterocycles. The third-order valence-corrected chi connectivity index (χ3v) is 3.86. The van der Waals surface area contributed by atoms with Gasteiger partial charge in [-0.25, -0.2) is 0 Å². The smallest absolute Gasteiger partial charge is 0.393 e. The Morgan fingerprint density at radius 2 is 1.55 bits per heavy atom. The predicted octanol–water partition coefficient (Wildman–Crippen LogP) is 4.68. The predicted molar refractivity (Wildman–Crippen MR) is 74.4 cm³/mol. The van der Waals surface area contributed by atoms with Gasteiger partial charge in [0.1, 0.15) is 0 Å². The number of hydrogen-bond donors (Lipinski definition) is 1. The van der Waals surface area contributed by atoms with Gasteiger partial charge in [-0.3, -0.25) is 0 Å². The summed E-state index contributed by atoms with van der Waals surface area (Å²) in [5.41, 5.74) is 0.187. The van der Waals surface area contributed by atoms with Crippen LogP contribution in [0, 0.1) is 11.3 Å². The van der Waals surface area contributed by atoms with E-state index in [4.69, 9.17) is 0 Å². The standard InChI is InChI=1S/C16H23F3O/c1-11(15(2,3)4)9-14(20)10-12-5-7-13(8-6-12)16(17,18)19/h5-8,11,14,20H,9-10H2,1-4H3. The number of rotatable bonds is 4. The molecule has 114 valence electrons. The van der Waals surface area contributed by atoms with E-state index in [1.165, 1.54) is 12.1 Å². The van der Waals surface area contributed by atoms with E-state index in [0.29, 0.717) is 18.8 Å². The van der Waals surface area contributed by atoms with E-state index in [1.807, 2.05) is 0 Å². The zero-order valence-corrected chi connectivity index (χ0v) is 12.5. The van der Waals surface area contributed by atoms with Gasteiger partial charge in [-0.15, -0.1) is 0 Å². The molecule has 0 saturated carbocycles. The van der Waals surface area contributed by atoms with Gasteiger partial charge in [0.05, 0.1) is 11.7 Å². The molecule has 1 rings (SSSR count). The van der Waals surface area contributed by atoms with Crippen LogP contribution in [0.25, 0.3) is 0 Å². The minimum Gasteiger partial charge on any atom is -0.393 e. The first kappa shape index (κ1) is 17.0. The van der Waals surface area contributed by atoms with Crippen LogP contribution in [-0.2, 0) is 12.6 Å². The topological polar surface area (TPSA) is 20.2 Å². The fourth-order valence-electron chi connectivity index (χ4n) is 1.95. The van der Waals surface area contributed by atoms with Crippen LogP contribution < -0.4 is 0 Å². The van der Waals surface area contributed by atoms with Gasteiger partial charge in [-0.05, 0) is 41.9 Å². The Morgan fingerprint density at radius 1 is 1.05 bits per heavy atom. The number of aliphatic hydroxyl groups is 1. The van der Waals surface area contributed by atoms with Gasteiger partial charge in [0.15, 0.2) is 0 Å². The summed E-state index contributed by atoms with van der Waals surface area (Å²) in [6.45, 7) is 8.42. The minimum atomic E-state index is -4.31. The van der Waals surface area contributed by atoms with Crippen molar-refractivity contribution in [2.45, 2.75) is 52.8 Å². The maximum absolute atomic E-state index is 12.4. The van der Waals surface area contributed by atoms with E-state index in [1.54, 1.807) is 0 Å². The highest BCUT2D eigenvalue weighted by Crippen LogP contribution is 2.31. The van der Waals surface area contributed by atoms with E-state index in [-0.39, 0.29) is 5.41 Å². The van der Waals surface area contributed by atoms with Gasteiger partial charge >= 0.3 is 6.18 Å². The summed E-state index contributed by atoms with van der Waals surface area (Å²) in [5, 5.41) is 10.0. The summed E-state index contributed by atoms with van der Waals surface area (Å²) in [4.78, 5) is 0. The van der Waals surface area contributed by atoms with Crippen molar-refractivity contribution in [3.8, 4) is 0 Å². The molecule has 2 unspecified atom stereocenters. The highest BCUT2D eigenvalue weighted by Gasteiger charge is 2.30. The van der Waals surface area contributed by atoms with Crippen molar-refractivity contribution in [3.05, 3.63) is 35.4 Å². The normalized spacial score (nSPS) is 16.0. The second-order valence-corrected chi connectivity index (χ2v) is 6.56. The lowest BCUT2D eigenvalue weighted by molar-refractivity contribution is -0.137. The van der Waals surface area contributed by atoms with Crippen molar-refractivity contribution in [3.63, 3.8) is 0 Å². The van der Waals surface area contributed by atoms with Gasteiger partial charge in [-0.2, -0.15) is 13.2 Å². The molecule has 1 aromatic rings. The molecule has 0 radical (unpaired) electrons. The molecule has 1 N–H and O–H groups in total. The van der Waals surface area contributed by atoms with Gasteiger partial charge < -0.3 is 5.11 Å². The van der Waals surface area contributed by atoms with Crippen LogP contribution in [0.4, 0.5) is 13.2 Å². The molecule has 0 spiro atoms. The Kier molecular flexibility index (Phi) is 5.25. The van der Waals surface area contributed by atoms with Crippen LogP contribution in [0.15, 0.2) is 24.3 Å². The van der Waals surface area contributed by atoms with Crippen molar-refractivity contribution in [2.24, 2.45) is 11.3 Å². The second-order valence-electron chi connectivity index (χ2n) is 6.56. The SMILES string of the molecule is CC(CC(O)Cc1ccc(C(F)(F)F)cc1)C(C)(C)C. The van der Waals surface area contributed by atoms with E-state index < -0.39 is 17.8 Å². The average molecular weight is 288 g/mol. The maximum atomic E-state index is 12.4. The third-order valence-electron chi connectivity index (χ3n) is 3.86. The van der Waals surface area contributed by atoms with Gasteiger partial charge in [0.2, 0.25) is 0 Å². The van der Waals surface area contributed by atoms with E-state index >= 15 is 0 Å². The highest BCUT2D eigenvalue weighted by atomic mass is 19.4. The van der Waals surface area contributed by atoms with Crippen molar-refractivity contribution in [2.75, 3.05) is 0 Å². The van der Waals surface area contributed by atoms with Crippen LogP contribution >= 0.6 is 0 Å². The van der Waals surface area contributed by atoms with Crippen LogP contribution in [0.5, 0.6) is 0 Å². The fraction of sp³-hybridized carbons (Fsp3) is 0.625. The largest absolute Gasteiger partial charge is 0.416 e. The Labute approximate surface area is 118 Å².